The summed E-state index contributed by atoms with van der Waals surface area (Å²) in [6.45, 7) is 4.28. The first-order chi connectivity index (χ1) is 21.6. The van der Waals surface area contributed by atoms with Crippen molar-refractivity contribution in [3.05, 3.63) is 132 Å². The van der Waals surface area contributed by atoms with Crippen LogP contribution in [0.5, 0.6) is 0 Å². The van der Waals surface area contributed by atoms with E-state index in [1.54, 1.807) is 0 Å². The van der Waals surface area contributed by atoms with Gasteiger partial charge in [-0.3, -0.25) is 0 Å². The van der Waals surface area contributed by atoms with E-state index >= 15 is 0 Å². The predicted octanol–water partition coefficient (Wildman–Crippen LogP) is 12.0. The number of benzene rings is 5. The van der Waals surface area contributed by atoms with Crippen molar-refractivity contribution in [1.29, 1.82) is 0 Å². The van der Waals surface area contributed by atoms with E-state index in [0.29, 0.717) is 0 Å². The third-order valence-corrected chi connectivity index (χ3v) is 8.69. The average molecular weight is 571 g/mol. The number of para-hydroxylation sites is 4. The Hall–Kier alpha value is -5.74. The highest BCUT2D eigenvalue weighted by Crippen LogP contribution is 2.51. The SMILES string of the molecule is Cc1c(-c2cc3ccccc3o2)c(-c2cc3ccccc3o2)c(C)c(-c2cc3ccccc3o2)c1-c1cc2ccccc2o1. The van der Waals surface area contributed by atoms with E-state index in [-0.39, 0.29) is 0 Å². The van der Waals surface area contributed by atoms with Crippen molar-refractivity contribution in [3.63, 3.8) is 0 Å². The van der Waals surface area contributed by atoms with E-state index in [0.717, 1.165) is 100 Å². The maximum atomic E-state index is 6.57. The molecule has 5 aromatic carbocycles. The summed E-state index contributed by atoms with van der Waals surface area (Å²) < 4.78 is 26.3. The van der Waals surface area contributed by atoms with Gasteiger partial charge in [-0.1, -0.05) is 72.8 Å². The van der Waals surface area contributed by atoms with Crippen LogP contribution in [0.25, 0.3) is 89.2 Å². The molecule has 9 aromatic rings. The lowest BCUT2D eigenvalue weighted by Crippen LogP contribution is -1.99. The molecular formula is C40H26O4. The van der Waals surface area contributed by atoms with Crippen LogP contribution in [0.4, 0.5) is 0 Å². The minimum absolute atomic E-state index is 0.774. The molecule has 210 valence electrons. The molecule has 0 aliphatic carbocycles. The molecule has 0 spiro atoms. The summed E-state index contributed by atoms with van der Waals surface area (Å²) in [5.74, 6) is 3.10. The van der Waals surface area contributed by atoms with E-state index in [4.69, 9.17) is 17.7 Å². The summed E-state index contributed by atoms with van der Waals surface area (Å²) in [4.78, 5) is 0. The Labute approximate surface area is 252 Å². The van der Waals surface area contributed by atoms with Gasteiger partial charge in [0.2, 0.25) is 0 Å². The van der Waals surface area contributed by atoms with E-state index in [1.807, 2.05) is 72.8 Å². The molecule has 4 nitrogen and oxygen atoms in total. The zero-order valence-electron chi connectivity index (χ0n) is 24.2. The molecule has 0 amide bonds. The van der Waals surface area contributed by atoms with Crippen molar-refractivity contribution < 1.29 is 17.7 Å². The maximum absolute atomic E-state index is 6.57. The number of furan rings is 4. The van der Waals surface area contributed by atoms with Gasteiger partial charge in [0.1, 0.15) is 45.4 Å². The Bertz CT molecular complexity index is 2050. The lowest BCUT2D eigenvalue weighted by atomic mass is 9.83. The Morgan fingerprint density at radius 1 is 0.318 bits per heavy atom. The van der Waals surface area contributed by atoms with E-state index in [1.165, 1.54) is 0 Å². The monoisotopic (exact) mass is 570 g/mol. The number of hydrogen-bond acceptors (Lipinski definition) is 4. The van der Waals surface area contributed by atoms with Gasteiger partial charge in [0, 0.05) is 43.8 Å². The Balaban J connectivity index is 1.44. The zero-order valence-corrected chi connectivity index (χ0v) is 24.2. The highest BCUT2D eigenvalue weighted by atomic mass is 16.3. The van der Waals surface area contributed by atoms with E-state index < -0.39 is 0 Å². The first-order valence-corrected chi connectivity index (χ1v) is 14.8. The molecule has 4 heteroatoms. The van der Waals surface area contributed by atoms with Crippen LogP contribution < -0.4 is 0 Å². The second-order valence-corrected chi connectivity index (χ2v) is 11.3. The fourth-order valence-corrected chi connectivity index (χ4v) is 6.65. The van der Waals surface area contributed by atoms with E-state index in [2.05, 4.69) is 62.4 Å². The van der Waals surface area contributed by atoms with Gasteiger partial charge in [-0.15, -0.1) is 0 Å². The molecule has 0 fully saturated rings. The third-order valence-electron chi connectivity index (χ3n) is 8.69. The van der Waals surface area contributed by atoms with Gasteiger partial charge in [-0.2, -0.15) is 0 Å². The minimum Gasteiger partial charge on any atom is -0.456 e. The molecule has 0 N–H and O–H groups in total. The Kier molecular flexibility index (Phi) is 5.29. The van der Waals surface area contributed by atoms with Gasteiger partial charge in [0.25, 0.3) is 0 Å². The lowest BCUT2D eigenvalue weighted by Gasteiger charge is -2.20. The smallest absolute Gasteiger partial charge is 0.136 e. The molecule has 9 rings (SSSR count). The highest BCUT2D eigenvalue weighted by Gasteiger charge is 2.29. The van der Waals surface area contributed by atoms with Crippen LogP contribution in [0.15, 0.2) is 139 Å². The van der Waals surface area contributed by atoms with Crippen molar-refractivity contribution in [1.82, 2.24) is 0 Å². The van der Waals surface area contributed by atoms with Crippen LogP contribution in [-0.2, 0) is 0 Å². The van der Waals surface area contributed by atoms with Crippen LogP contribution in [0, 0.1) is 13.8 Å². The van der Waals surface area contributed by atoms with Crippen molar-refractivity contribution in [2.24, 2.45) is 0 Å². The second kappa shape index (κ2) is 9.38. The number of hydrogen-bond donors (Lipinski definition) is 0. The molecule has 0 saturated carbocycles. The molecule has 0 aliphatic heterocycles. The van der Waals surface area contributed by atoms with Crippen LogP contribution in [0.3, 0.4) is 0 Å². The van der Waals surface area contributed by atoms with E-state index in [9.17, 15) is 0 Å². The van der Waals surface area contributed by atoms with Crippen molar-refractivity contribution in [2.45, 2.75) is 13.8 Å². The van der Waals surface area contributed by atoms with Gasteiger partial charge in [-0.05, 0) is 73.5 Å². The van der Waals surface area contributed by atoms with Gasteiger partial charge >= 0.3 is 0 Å². The van der Waals surface area contributed by atoms with Crippen LogP contribution >= 0.6 is 0 Å². The molecular weight excluding hydrogens is 544 g/mol. The quantitative estimate of drug-likeness (QED) is 0.211. The molecule has 0 bridgehead atoms. The van der Waals surface area contributed by atoms with Gasteiger partial charge in [-0.25, -0.2) is 0 Å². The summed E-state index contributed by atoms with van der Waals surface area (Å²) in [5.41, 5.74) is 9.23. The molecule has 4 heterocycles. The average Bonchev–Trinajstić information content (AvgIpc) is 3.84. The molecule has 0 unspecified atom stereocenters. The summed E-state index contributed by atoms with van der Waals surface area (Å²) in [5, 5.41) is 4.17. The van der Waals surface area contributed by atoms with Crippen LogP contribution in [0.2, 0.25) is 0 Å². The first-order valence-electron chi connectivity index (χ1n) is 14.8. The lowest BCUT2D eigenvalue weighted by molar-refractivity contribution is 0.618. The molecule has 4 aromatic heterocycles. The zero-order chi connectivity index (χ0) is 29.4. The van der Waals surface area contributed by atoms with Crippen LogP contribution in [0.1, 0.15) is 11.1 Å². The fourth-order valence-electron chi connectivity index (χ4n) is 6.65. The van der Waals surface area contributed by atoms with Crippen molar-refractivity contribution >= 4 is 43.9 Å². The Morgan fingerprint density at radius 3 is 0.773 bits per heavy atom. The normalized spacial score (nSPS) is 11.9. The van der Waals surface area contributed by atoms with Crippen LogP contribution in [-0.4, -0.2) is 0 Å². The number of rotatable bonds is 4. The summed E-state index contributed by atoms with van der Waals surface area (Å²) in [6, 6.07) is 40.9. The predicted molar refractivity (Wildman–Crippen MR) is 177 cm³/mol. The Morgan fingerprint density at radius 2 is 0.545 bits per heavy atom. The molecule has 0 atom stereocenters. The van der Waals surface area contributed by atoms with Gasteiger partial charge < -0.3 is 17.7 Å². The first kappa shape index (κ1) is 24.8. The standard InChI is InChI=1S/C40H26O4/c1-23-37(33-19-25-11-3-7-15-29(25)41-33)39(35-21-27-13-5-9-17-31(27)43-35)24(2)40(36-22-28-14-6-10-18-32(28)44-36)38(23)34-20-26-12-4-8-16-30(26)42-34/h3-22H,1-2H3. The molecule has 44 heavy (non-hydrogen) atoms. The van der Waals surface area contributed by atoms with Crippen molar-refractivity contribution in [3.8, 4) is 45.3 Å². The van der Waals surface area contributed by atoms with Gasteiger partial charge in [0.15, 0.2) is 0 Å². The van der Waals surface area contributed by atoms with Gasteiger partial charge in [0.05, 0.1) is 0 Å². The molecule has 0 aliphatic rings. The molecule has 0 radical (unpaired) electrons. The minimum atomic E-state index is 0.774. The molecule has 0 saturated heterocycles. The second-order valence-electron chi connectivity index (χ2n) is 11.3. The highest BCUT2D eigenvalue weighted by molar-refractivity contribution is 6.02. The maximum Gasteiger partial charge on any atom is 0.136 e. The third kappa shape index (κ3) is 3.71. The number of fused-ring (bicyclic) bond motifs is 4. The topological polar surface area (TPSA) is 52.6 Å². The summed E-state index contributed by atoms with van der Waals surface area (Å²) in [7, 11) is 0. The summed E-state index contributed by atoms with van der Waals surface area (Å²) >= 11 is 0. The van der Waals surface area contributed by atoms with Crippen molar-refractivity contribution in [2.75, 3.05) is 0 Å². The summed E-state index contributed by atoms with van der Waals surface area (Å²) in [6.07, 6.45) is 0. The largest absolute Gasteiger partial charge is 0.456 e. The fraction of sp³-hybridized carbons (Fsp3) is 0.0500.